The molecule has 0 aliphatic carbocycles. The van der Waals surface area contributed by atoms with E-state index in [0.29, 0.717) is 0 Å². The molecule has 0 saturated carbocycles. The number of rotatable bonds is 6. The maximum absolute atomic E-state index is 13.2. The fourth-order valence-corrected chi connectivity index (χ4v) is 3.82. The first kappa shape index (κ1) is 22.7. The molecule has 0 radical (unpaired) electrons. The van der Waals surface area contributed by atoms with E-state index < -0.39 is 36.0 Å². The summed E-state index contributed by atoms with van der Waals surface area (Å²) in [4.78, 5) is 56.0. The Bertz CT molecular complexity index is 841. The van der Waals surface area contributed by atoms with Gasteiger partial charge in [-0.1, -0.05) is 25.9 Å². The van der Waals surface area contributed by atoms with Crippen molar-refractivity contribution in [1.82, 2.24) is 25.2 Å². The summed E-state index contributed by atoms with van der Waals surface area (Å²) >= 11 is 0. The number of hydrogen-bond acceptors (Lipinski definition) is 7. The Morgan fingerprint density at radius 2 is 2.00 bits per heavy atom. The van der Waals surface area contributed by atoms with Gasteiger partial charge < -0.3 is 30.3 Å². The molecule has 31 heavy (non-hydrogen) atoms. The molecule has 3 N–H and O–H groups in total. The molecule has 4 amide bonds. The van der Waals surface area contributed by atoms with Gasteiger partial charge >= 0.3 is 0 Å². The summed E-state index contributed by atoms with van der Waals surface area (Å²) in [5, 5.41) is 6.37. The molecule has 1 aromatic rings. The van der Waals surface area contributed by atoms with Crippen LogP contribution in [0.2, 0.25) is 0 Å². The Labute approximate surface area is 180 Å². The number of nitrogens with zero attached hydrogens (tertiary/aromatic N) is 4. The van der Waals surface area contributed by atoms with Crippen LogP contribution in [0, 0.1) is 5.92 Å². The summed E-state index contributed by atoms with van der Waals surface area (Å²) in [6.45, 7) is 7.47. The number of nitrogens with two attached hydrogens (primary N) is 1. The first-order valence-electron chi connectivity index (χ1n) is 10.5. The fraction of sp³-hybridized carbons (Fsp3) is 0.650. The van der Waals surface area contributed by atoms with Gasteiger partial charge in [-0.3, -0.25) is 19.2 Å². The zero-order valence-corrected chi connectivity index (χ0v) is 18.3. The van der Waals surface area contributed by atoms with Crippen LogP contribution in [0.5, 0.6) is 0 Å². The predicted octanol–water partition coefficient (Wildman–Crippen LogP) is -0.606. The highest BCUT2D eigenvalue weighted by Crippen LogP contribution is 2.25. The number of piperazine rings is 1. The lowest BCUT2D eigenvalue weighted by Crippen LogP contribution is -2.74. The fourth-order valence-electron chi connectivity index (χ4n) is 3.82. The third-order valence-electron chi connectivity index (χ3n) is 6.04. The molecule has 2 aliphatic heterocycles. The van der Waals surface area contributed by atoms with Crippen molar-refractivity contribution >= 4 is 23.6 Å². The maximum atomic E-state index is 13.2. The van der Waals surface area contributed by atoms with Crippen LogP contribution in [0.3, 0.4) is 0 Å². The molecular formula is C20H30N6O5. The number of nitrogens with one attached hydrogen (secondary N) is 1. The van der Waals surface area contributed by atoms with Gasteiger partial charge in [-0.15, -0.1) is 0 Å². The molecule has 1 aromatic heterocycles. The zero-order chi connectivity index (χ0) is 22.9. The van der Waals surface area contributed by atoms with Crippen molar-refractivity contribution in [2.75, 3.05) is 19.6 Å². The molecule has 0 aromatic carbocycles. The largest absolute Gasteiger partial charge is 0.364 e. The number of amides is 4. The highest BCUT2D eigenvalue weighted by Gasteiger charge is 2.48. The first-order valence-corrected chi connectivity index (χ1v) is 10.5. The second-order valence-electron chi connectivity index (χ2n) is 8.42. The van der Waals surface area contributed by atoms with Gasteiger partial charge in [0.25, 0.3) is 5.91 Å². The molecule has 3 rings (SSSR count). The van der Waals surface area contributed by atoms with Crippen molar-refractivity contribution in [3.8, 4) is 0 Å². The summed E-state index contributed by atoms with van der Waals surface area (Å²) in [5.74, 6) is -1.65. The van der Waals surface area contributed by atoms with Crippen LogP contribution in [0.25, 0.3) is 0 Å². The number of hydrogen-bond donors (Lipinski definition) is 2. The van der Waals surface area contributed by atoms with Crippen molar-refractivity contribution < 1.29 is 23.7 Å². The Morgan fingerprint density at radius 3 is 2.58 bits per heavy atom. The van der Waals surface area contributed by atoms with Crippen LogP contribution < -0.4 is 11.1 Å². The van der Waals surface area contributed by atoms with E-state index in [1.807, 2.05) is 13.8 Å². The standard InChI is InChI=1S/C20H30N6O5/c1-5-12(4)24-9-15-25(19(29)13-6-7-31-23-13)8-14(20(30)26(15)10-16(24)27)22-18(28)17(21)11(2)3/h6-7,11-12,14-15,17H,5,8-10,21H2,1-4H3,(H,22,28). The minimum Gasteiger partial charge on any atom is -0.364 e. The second-order valence-corrected chi connectivity index (χ2v) is 8.42. The molecule has 2 saturated heterocycles. The molecule has 11 heteroatoms. The Kier molecular flexibility index (Phi) is 6.63. The summed E-state index contributed by atoms with van der Waals surface area (Å²) in [6.07, 6.45) is 1.38. The first-order chi connectivity index (χ1) is 14.6. The summed E-state index contributed by atoms with van der Waals surface area (Å²) in [5.41, 5.74) is 6.00. The second kappa shape index (κ2) is 9.04. The summed E-state index contributed by atoms with van der Waals surface area (Å²) < 4.78 is 4.80. The van der Waals surface area contributed by atoms with Gasteiger partial charge in [-0.25, -0.2) is 0 Å². The van der Waals surface area contributed by atoms with Gasteiger partial charge in [-0.05, 0) is 19.3 Å². The molecule has 4 unspecified atom stereocenters. The third kappa shape index (κ3) is 4.41. The van der Waals surface area contributed by atoms with E-state index in [9.17, 15) is 19.2 Å². The molecule has 0 bridgehead atoms. The number of carbonyl (C=O) groups is 4. The topological polar surface area (TPSA) is 142 Å². The van der Waals surface area contributed by atoms with Gasteiger partial charge in [0.1, 0.15) is 25.0 Å². The average molecular weight is 434 g/mol. The smallest absolute Gasteiger partial charge is 0.277 e. The van der Waals surface area contributed by atoms with Crippen molar-refractivity contribution in [3.63, 3.8) is 0 Å². The van der Waals surface area contributed by atoms with Crippen LogP contribution in [-0.4, -0.2) is 87.4 Å². The zero-order valence-electron chi connectivity index (χ0n) is 18.3. The molecule has 3 heterocycles. The van der Waals surface area contributed by atoms with Crippen LogP contribution in [-0.2, 0) is 14.4 Å². The van der Waals surface area contributed by atoms with Crippen molar-refractivity contribution in [1.29, 1.82) is 0 Å². The summed E-state index contributed by atoms with van der Waals surface area (Å²) in [7, 11) is 0. The van der Waals surface area contributed by atoms with Crippen LogP contribution in [0.1, 0.15) is 44.6 Å². The van der Waals surface area contributed by atoms with Crippen molar-refractivity contribution in [3.05, 3.63) is 18.0 Å². The van der Waals surface area contributed by atoms with Gasteiger partial charge in [0, 0.05) is 12.1 Å². The average Bonchev–Trinajstić information content (AvgIpc) is 3.28. The third-order valence-corrected chi connectivity index (χ3v) is 6.04. The Balaban J connectivity index is 1.90. The van der Waals surface area contributed by atoms with Crippen molar-refractivity contribution in [2.45, 2.75) is 58.4 Å². The molecule has 170 valence electrons. The van der Waals surface area contributed by atoms with E-state index in [1.54, 1.807) is 18.7 Å². The molecule has 4 atom stereocenters. The summed E-state index contributed by atoms with van der Waals surface area (Å²) in [6, 6.07) is -0.400. The molecule has 2 fully saturated rings. The van der Waals surface area contributed by atoms with Gasteiger partial charge in [0.2, 0.25) is 17.7 Å². The Morgan fingerprint density at radius 1 is 1.29 bits per heavy atom. The van der Waals surface area contributed by atoms with Crippen LogP contribution in [0.15, 0.2) is 16.9 Å². The van der Waals surface area contributed by atoms with E-state index in [1.165, 1.54) is 22.1 Å². The minimum absolute atomic E-state index is 0.0322. The highest BCUT2D eigenvalue weighted by molar-refractivity contribution is 5.97. The SMILES string of the molecule is CCC(C)N1CC2N(C(=O)c3ccon3)CC(NC(=O)C(N)C(C)C)C(=O)N2CC1=O. The molecular weight excluding hydrogens is 404 g/mol. The Hall–Kier alpha value is -2.95. The minimum atomic E-state index is -1.01. The van der Waals surface area contributed by atoms with Crippen molar-refractivity contribution in [2.24, 2.45) is 11.7 Å². The highest BCUT2D eigenvalue weighted by atomic mass is 16.5. The van der Waals surface area contributed by atoms with Gasteiger partial charge in [0.05, 0.1) is 19.1 Å². The normalized spacial score (nSPS) is 23.6. The number of carbonyl (C=O) groups excluding carboxylic acids is 4. The number of fused-ring (bicyclic) bond motifs is 1. The lowest BCUT2D eigenvalue weighted by molar-refractivity contribution is -0.163. The molecule has 11 nitrogen and oxygen atoms in total. The maximum Gasteiger partial charge on any atom is 0.277 e. The quantitative estimate of drug-likeness (QED) is 0.608. The predicted molar refractivity (Wildman–Crippen MR) is 109 cm³/mol. The van der Waals surface area contributed by atoms with E-state index >= 15 is 0 Å². The lowest BCUT2D eigenvalue weighted by atomic mass is 10.0. The van der Waals surface area contributed by atoms with Gasteiger partial charge in [-0.2, -0.15) is 0 Å². The van der Waals surface area contributed by atoms with E-state index in [0.717, 1.165) is 6.42 Å². The molecule has 2 aliphatic rings. The van der Waals surface area contributed by atoms with Crippen LogP contribution in [0.4, 0.5) is 0 Å². The van der Waals surface area contributed by atoms with Gasteiger partial charge in [0.15, 0.2) is 5.69 Å². The number of aromatic nitrogens is 1. The monoisotopic (exact) mass is 434 g/mol. The van der Waals surface area contributed by atoms with Crippen LogP contribution >= 0.6 is 0 Å². The lowest BCUT2D eigenvalue weighted by Gasteiger charge is -2.51. The van der Waals surface area contributed by atoms with E-state index in [2.05, 4.69) is 10.5 Å². The molecule has 0 spiro atoms. The van der Waals surface area contributed by atoms with E-state index in [-0.39, 0.29) is 43.2 Å². The van der Waals surface area contributed by atoms with E-state index in [4.69, 9.17) is 10.3 Å².